The molecule has 0 fully saturated rings. The lowest BCUT2D eigenvalue weighted by atomic mass is 10.2. The zero-order valence-electron chi connectivity index (χ0n) is 8.22. The summed E-state index contributed by atoms with van der Waals surface area (Å²) >= 11 is 1.61. The number of hydrogen-bond acceptors (Lipinski definition) is 4. The van der Waals surface area contributed by atoms with Crippen LogP contribution in [-0.4, -0.2) is 17.5 Å². The Labute approximate surface area is 92.6 Å². The van der Waals surface area contributed by atoms with Crippen LogP contribution < -0.4 is 5.73 Å². The maximum absolute atomic E-state index is 5.42. The highest BCUT2D eigenvalue weighted by Crippen LogP contribution is 2.24. The van der Waals surface area contributed by atoms with Gasteiger partial charge in [0.25, 0.3) is 0 Å². The second kappa shape index (κ2) is 5.00. The number of aromatic nitrogens is 1. The van der Waals surface area contributed by atoms with E-state index in [-0.39, 0.29) is 0 Å². The van der Waals surface area contributed by atoms with Gasteiger partial charge in [0.15, 0.2) is 5.76 Å². The first-order valence-electron chi connectivity index (χ1n) is 4.75. The molecule has 0 amide bonds. The molecule has 2 N–H and O–H groups in total. The fourth-order valence-corrected chi connectivity index (χ4v) is 1.84. The molecular formula is C11H12N2OS. The van der Waals surface area contributed by atoms with Crippen LogP contribution in [0.15, 0.2) is 45.9 Å². The summed E-state index contributed by atoms with van der Waals surface area (Å²) in [5, 5.41) is 4.85. The molecule has 0 aliphatic carbocycles. The smallest absolute Gasteiger partial charge is 0.168 e. The van der Waals surface area contributed by atoms with Crippen molar-refractivity contribution < 1.29 is 4.52 Å². The molecule has 2 rings (SSSR count). The third-order valence-corrected chi connectivity index (χ3v) is 2.84. The Morgan fingerprint density at radius 3 is 2.80 bits per heavy atom. The van der Waals surface area contributed by atoms with Crippen molar-refractivity contribution in [2.75, 3.05) is 12.3 Å². The van der Waals surface area contributed by atoms with Crippen molar-refractivity contribution >= 4 is 11.8 Å². The first-order chi connectivity index (χ1) is 7.40. The maximum Gasteiger partial charge on any atom is 0.168 e. The third kappa shape index (κ3) is 2.61. The monoisotopic (exact) mass is 220 g/mol. The third-order valence-electron chi connectivity index (χ3n) is 1.91. The van der Waals surface area contributed by atoms with Crippen LogP contribution in [0.5, 0.6) is 0 Å². The van der Waals surface area contributed by atoms with Gasteiger partial charge in [-0.15, -0.1) is 11.8 Å². The van der Waals surface area contributed by atoms with Gasteiger partial charge in [-0.25, -0.2) is 0 Å². The van der Waals surface area contributed by atoms with Crippen LogP contribution in [0.1, 0.15) is 0 Å². The molecule has 4 heteroatoms. The molecule has 0 atom stereocenters. The second-order valence-corrected chi connectivity index (χ2v) is 4.15. The molecule has 0 spiro atoms. The predicted molar refractivity (Wildman–Crippen MR) is 61.7 cm³/mol. The summed E-state index contributed by atoms with van der Waals surface area (Å²) in [7, 11) is 0. The van der Waals surface area contributed by atoms with Gasteiger partial charge in [0.05, 0.1) is 0 Å². The molecule has 1 aromatic heterocycles. The van der Waals surface area contributed by atoms with Crippen LogP contribution in [0.3, 0.4) is 0 Å². The van der Waals surface area contributed by atoms with E-state index in [9.17, 15) is 0 Å². The maximum atomic E-state index is 5.42. The van der Waals surface area contributed by atoms with E-state index in [1.54, 1.807) is 11.8 Å². The average Bonchev–Trinajstić information content (AvgIpc) is 2.76. The Hall–Kier alpha value is -1.26. The van der Waals surface area contributed by atoms with Crippen molar-refractivity contribution in [2.24, 2.45) is 5.73 Å². The highest BCUT2D eigenvalue weighted by molar-refractivity contribution is 7.99. The lowest BCUT2D eigenvalue weighted by Crippen LogP contribution is -2.00. The van der Waals surface area contributed by atoms with Crippen LogP contribution in [0.25, 0.3) is 11.3 Å². The van der Waals surface area contributed by atoms with E-state index in [1.807, 2.05) is 36.4 Å². The Kier molecular flexibility index (Phi) is 3.42. The molecule has 15 heavy (non-hydrogen) atoms. The highest BCUT2D eigenvalue weighted by Gasteiger charge is 2.05. The minimum absolute atomic E-state index is 0.651. The molecule has 3 nitrogen and oxygen atoms in total. The van der Waals surface area contributed by atoms with Crippen molar-refractivity contribution in [1.82, 2.24) is 5.16 Å². The largest absolute Gasteiger partial charge is 0.355 e. The van der Waals surface area contributed by atoms with E-state index < -0.39 is 0 Å². The van der Waals surface area contributed by atoms with Gasteiger partial charge in [-0.2, -0.15) is 0 Å². The fraction of sp³-hybridized carbons (Fsp3) is 0.182. The van der Waals surface area contributed by atoms with Crippen molar-refractivity contribution in [2.45, 2.75) is 5.03 Å². The minimum atomic E-state index is 0.651. The molecule has 0 unspecified atom stereocenters. The topological polar surface area (TPSA) is 52.0 Å². The number of hydrogen-bond donors (Lipinski definition) is 1. The lowest BCUT2D eigenvalue weighted by molar-refractivity contribution is 0.415. The van der Waals surface area contributed by atoms with Gasteiger partial charge in [-0.3, -0.25) is 0 Å². The highest BCUT2D eigenvalue weighted by atomic mass is 32.2. The van der Waals surface area contributed by atoms with Gasteiger partial charge in [-0.1, -0.05) is 35.5 Å². The molecular weight excluding hydrogens is 208 g/mol. The number of nitrogens with zero attached hydrogens (tertiary/aromatic N) is 1. The molecule has 0 bridgehead atoms. The zero-order valence-corrected chi connectivity index (χ0v) is 9.04. The van der Waals surface area contributed by atoms with E-state index in [1.165, 1.54) is 0 Å². The van der Waals surface area contributed by atoms with Crippen LogP contribution in [0, 0.1) is 0 Å². The molecule has 1 heterocycles. The van der Waals surface area contributed by atoms with Gasteiger partial charge in [0.2, 0.25) is 0 Å². The van der Waals surface area contributed by atoms with Crippen molar-refractivity contribution in [3.63, 3.8) is 0 Å². The van der Waals surface area contributed by atoms with Gasteiger partial charge in [0.1, 0.15) is 5.03 Å². The van der Waals surface area contributed by atoms with Gasteiger partial charge >= 0.3 is 0 Å². The first kappa shape index (κ1) is 10.3. The molecule has 0 saturated carbocycles. The Morgan fingerprint density at radius 2 is 2.07 bits per heavy atom. The lowest BCUT2D eigenvalue weighted by Gasteiger charge is -1.91. The summed E-state index contributed by atoms with van der Waals surface area (Å²) in [4.78, 5) is 0. The molecule has 0 radical (unpaired) electrons. The summed E-state index contributed by atoms with van der Waals surface area (Å²) in [6.45, 7) is 0.651. The van der Waals surface area contributed by atoms with Gasteiger partial charge < -0.3 is 10.3 Å². The summed E-state index contributed by atoms with van der Waals surface area (Å²) in [5.74, 6) is 1.66. The van der Waals surface area contributed by atoms with Crippen LogP contribution >= 0.6 is 11.8 Å². The van der Waals surface area contributed by atoms with Gasteiger partial charge in [0, 0.05) is 23.9 Å². The second-order valence-electron chi connectivity index (χ2n) is 3.03. The molecule has 1 aromatic carbocycles. The van der Waals surface area contributed by atoms with Crippen LogP contribution in [-0.2, 0) is 0 Å². The summed E-state index contributed by atoms with van der Waals surface area (Å²) < 4.78 is 5.24. The average molecular weight is 220 g/mol. The molecule has 0 aliphatic heterocycles. The summed E-state index contributed by atoms with van der Waals surface area (Å²) in [5.41, 5.74) is 6.46. The van der Waals surface area contributed by atoms with Gasteiger partial charge in [-0.05, 0) is 0 Å². The van der Waals surface area contributed by atoms with Crippen LogP contribution in [0.2, 0.25) is 0 Å². The summed E-state index contributed by atoms with van der Waals surface area (Å²) in [6.07, 6.45) is 0. The fourth-order valence-electron chi connectivity index (χ4n) is 1.23. The number of nitrogens with two attached hydrogens (primary N) is 1. The van der Waals surface area contributed by atoms with E-state index >= 15 is 0 Å². The summed E-state index contributed by atoms with van der Waals surface area (Å²) in [6, 6.07) is 11.9. The van der Waals surface area contributed by atoms with E-state index in [0.29, 0.717) is 6.54 Å². The van der Waals surface area contributed by atoms with Crippen LogP contribution in [0.4, 0.5) is 0 Å². The SMILES string of the molecule is NCCSc1cc(-c2ccccc2)on1. The molecule has 0 saturated heterocycles. The van der Waals surface area contributed by atoms with E-state index in [2.05, 4.69) is 5.16 Å². The van der Waals surface area contributed by atoms with Crippen molar-refractivity contribution in [3.05, 3.63) is 36.4 Å². The number of benzene rings is 1. The van der Waals surface area contributed by atoms with Crippen molar-refractivity contribution in [3.8, 4) is 11.3 Å². The molecule has 78 valence electrons. The number of thioether (sulfide) groups is 1. The molecule has 0 aliphatic rings. The van der Waals surface area contributed by atoms with E-state index in [4.69, 9.17) is 10.3 Å². The predicted octanol–water partition coefficient (Wildman–Crippen LogP) is 2.39. The Morgan fingerprint density at radius 1 is 1.27 bits per heavy atom. The van der Waals surface area contributed by atoms with E-state index in [0.717, 1.165) is 22.1 Å². The standard InChI is InChI=1S/C11H12N2OS/c12-6-7-15-11-8-10(14-13-11)9-4-2-1-3-5-9/h1-5,8H,6-7,12H2. The Bertz CT molecular complexity index is 414. The van der Waals surface area contributed by atoms with Crippen molar-refractivity contribution in [1.29, 1.82) is 0 Å². The normalized spacial score (nSPS) is 10.5. The quantitative estimate of drug-likeness (QED) is 0.804. The zero-order chi connectivity index (χ0) is 10.5. The number of rotatable bonds is 4. The molecule has 2 aromatic rings. The first-order valence-corrected chi connectivity index (χ1v) is 5.73. The Balaban J connectivity index is 2.14. The minimum Gasteiger partial charge on any atom is -0.355 e.